The number of aromatic nitrogens is 1. The molecule has 5 atom stereocenters. The van der Waals surface area contributed by atoms with Crippen LogP contribution in [0.15, 0.2) is 53.4 Å². The van der Waals surface area contributed by atoms with Crippen molar-refractivity contribution >= 4 is 61.8 Å². The van der Waals surface area contributed by atoms with E-state index in [-0.39, 0.29) is 64.9 Å². The van der Waals surface area contributed by atoms with Gasteiger partial charge >= 0.3 is 0 Å². The van der Waals surface area contributed by atoms with Gasteiger partial charge in [0.1, 0.15) is 22.7 Å². The van der Waals surface area contributed by atoms with Crippen molar-refractivity contribution < 1.29 is 27.9 Å². The molecule has 4 heterocycles. The molecule has 3 N–H and O–H groups in total. The minimum Gasteiger partial charge on any atom is -0.392 e. The summed E-state index contributed by atoms with van der Waals surface area (Å²) in [5.74, 6) is -1.04. The van der Waals surface area contributed by atoms with Crippen molar-refractivity contribution in [3.05, 3.63) is 64.3 Å². The zero-order valence-electron chi connectivity index (χ0n) is 25.0. The summed E-state index contributed by atoms with van der Waals surface area (Å²) in [6.07, 6.45) is -0.535. The summed E-state index contributed by atoms with van der Waals surface area (Å²) in [5.41, 5.74) is 0.574. The van der Waals surface area contributed by atoms with Crippen LogP contribution in [0.3, 0.4) is 0 Å². The van der Waals surface area contributed by atoms with Gasteiger partial charge in [-0.05, 0) is 42.2 Å². The lowest BCUT2D eigenvalue weighted by Gasteiger charge is -2.40. The maximum Gasteiger partial charge on any atom is 0.268 e. The number of para-hydroxylation sites is 1. The van der Waals surface area contributed by atoms with Gasteiger partial charge < -0.3 is 25.2 Å². The number of halogens is 2. The Hall–Kier alpha value is -3.16. The van der Waals surface area contributed by atoms with Crippen LogP contribution in [-0.2, 0) is 19.6 Å². The summed E-state index contributed by atoms with van der Waals surface area (Å²) in [6, 6.07) is 10.7. The Labute approximate surface area is 271 Å². The third-order valence-corrected chi connectivity index (χ3v) is 11.6. The number of piperazine rings is 1. The summed E-state index contributed by atoms with van der Waals surface area (Å²) >= 11 is 12.2. The minimum atomic E-state index is -4.22. The highest BCUT2D eigenvalue weighted by atomic mass is 35.5. The van der Waals surface area contributed by atoms with Crippen LogP contribution >= 0.6 is 23.2 Å². The highest BCUT2D eigenvalue weighted by Crippen LogP contribution is 2.37. The van der Waals surface area contributed by atoms with Crippen LogP contribution in [0.4, 0.5) is 0 Å². The van der Waals surface area contributed by atoms with E-state index in [2.05, 4.69) is 10.3 Å². The predicted octanol–water partition coefficient (Wildman–Crippen LogP) is 3.26. The number of aliphatic hydroxyl groups excluding tert-OH is 1. The maximum absolute atomic E-state index is 13.9. The average molecular weight is 677 g/mol. The Balaban J connectivity index is 1.16. The van der Waals surface area contributed by atoms with Crippen LogP contribution in [0.5, 0.6) is 0 Å². The number of aliphatic hydroxyl groups is 1. The molecule has 3 aromatic rings. The number of likely N-dealkylation sites (tertiary alicyclic amines) is 2. The molecule has 3 amide bonds. The first kappa shape index (κ1) is 31.8. The van der Waals surface area contributed by atoms with Gasteiger partial charge in [0.2, 0.25) is 21.8 Å². The molecule has 240 valence electrons. The average Bonchev–Trinajstić information content (AvgIpc) is 3.76. The number of carbonyl (C=O) groups is 3. The van der Waals surface area contributed by atoms with E-state index in [4.69, 9.17) is 23.2 Å². The van der Waals surface area contributed by atoms with Crippen molar-refractivity contribution in [1.82, 2.24) is 24.4 Å². The van der Waals surface area contributed by atoms with Crippen LogP contribution in [0.2, 0.25) is 10.0 Å². The van der Waals surface area contributed by atoms with Gasteiger partial charge in [0.15, 0.2) is 0 Å². The summed E-state index contributed by atoms with van der Waals surface area (Å²) in [4.78, 5) is 47.3. The Morgan fingerprint density at radius 1 is 0.978 bits per heavy atom. The SMILES string of the molecule is CC(C)(C)[C@H](NC(=O)c1cc2ccccc2[nH]1)C(=O)N1C[C@@H]2C[C@H]1CN2C(=O)[C@@H]1C[C@@H](O)CN1S(=O)(=O)c1ccc(Cl)cc1Cl. The van der Waals surface area contributed by atoms with E-state index in [1.54, 1.807) is 15.9 Å². The quantitative estimate of drug-likeness (QED) is 0.366. The Morgan fingerprint density at radius 3 is 2.31 bits per heavy atom. The van der Waals surface area contributed by atoms with E-state index < -0.39 is 39.5 Å². The molecule has 3 fully saturated rings. The molecular weight excluding hydrogens is 641 g/mol. The number of H-pyrrole nitrogens is 1. The standard InChI is InChI=1S/C31H35Cl2N5O6S/c1-31(2,3)27(35-28(40)24-10-17-6-4-5-7-23(17)34-24)30(42)37-15-19-12-20(37)14-36(19)29(41)25-13-21(39)16-38(25)45(43,44)26-9-8-18(32)11-22(26)33/h4-11,19-21,25,27,34,39H,12-16H2,1-3H3,(H,35,40)/t19-,20-,21+,25-,27+/m0/s1. The monoisotopic (exact) mass is 675 g/mol. The molecule has 6 rings (SSSR count). The second-order valence-electron chi connectivity index (χ2n) is 13.1. The highest BCUT2D eigenvalue weighted by molar-refractivity contribution is 7.89. The van der Waals surface area contributed by atoms with Gasteiger partial charge in [-0.1, -0.05) is 62.2 Å². The Morgan fingerprint density at radius 2 is 1.67 bits per heavy atom. The number of sulfonamides is 1. The summed E-state index contributed by atoms with van der Waals surface area (Å²) in [7, 11) is -4.22. The lowest BCUT2D eigenvalue weighted by molar-refractivity contribution is -0.144. The molecule has 0 aliphatic carbocycles. The first-order valence-electron chi connectivity index (χ1n) is 14.8. The van der Waals surface area contributed by atoms with Gasteiger partial charge in [0.25, 0.3) is 5.91 Å². The maximum atomic E-state index is 13.9. The van der Waals surface area contributed by atoms with Crippen LogP contribution < -0.4 is 5.32 Å². The number of fused-ring (bicyclic) bond motifs is 3. The number of nitrogens with zero attached hydrogens (tertiary/aromatic N) is 3. The summed E-state index contributed by atoms with van der Waals surface area (Å²) in [6.45, 7) is 5.91. The Kier molecular flexibility index (Phi) is 8.18. The fraction of sp³-hybridized carbons (Fsp3) is 0.452. The highest BCUT2D eigenvalue weighted by Gasteiger charge is 2.53. The molecule has 2 aromatic carbocycles. The second kappa shape index (κ2) is 11.6. The normalized spacial score (nSPS) is 24.4. The smallest absolute Gasteiger partial charge is 0.268 e. The molecular formula is C31H35Cl2N5O6S. The molecule has 3 saturated heterocycles. The minimum absolute atomic E-state index is 0.0499. The topological polar surface area (TPSA) is 143 Å². The lowest BCUT2D eigenvalue weighted by Crippen LogP contribution is -2.60. The van der Waals surface area contributed by atoms with Gasteiger partial charge in [-0.3, -0.25) is 14.4 Å². The van der Waals surface area contributed by atoms with E-state index in [1.807, 2.05) is 45.0 Å². The Bertz CT molecular complexity index is 1760. The summed E-state index contributed by atoms with van der Waals surface area (Å²) < 4.78 is 28.2. The number of amides is 3. The number of nitrogens with one attached hydrogen (secondary N) is 2. The second-order valence-corrected chi connectivity index (χ2v) is 15.8. The largest absolute Gasteiger partial charge is 0.392 e. The van der Waals surface area contributed by atoms with Crippen LogP contribution in [0.25, 0.3) is 10.9 Å². The van der Waals surface area contributed by atoms with E-state index in [0.29, 0.717) is 12.1 Å². The number of hydrogen-bond acceptors (Lipinski definition) is 6. The zero-order chi connectivity index (χ0) is 32.4. The van der Waals surface area contributed by atoms with E-state index in [0.717, 1.165) is 15.2 Å². The first-order chi connectivity index (χ1) is 21.1. The number of hydrogen-bond donors (Lipinski definition) is 3. The number of β-amino-alcohol motifs (C(OH)–C–C–N with tert-alkyl or cyclic N) is 1. The zero-order valence-corrected chi connectivity index (χ0v) is 27.4. The fourth-order valence-electron chi connectivity index (χ4n) is 6.70. The molecule has 0 radical (unpaired) electrons. The molecule has 0 saturated carbocycles. The predicted molar refractivity (Wildman–Crippen MR) is 169 cm³/mol. The third-order valence-electron chi connectivity index (χ3n) is 8.97. The molecule has 2 bridgehead atoms. The molecule has 45 heavy (non-hydrogen) atoms. The molecule has 11 nitrogen and oxygen atoms in total. The molecule has 3 aliphatic heterocycles. The van der Waals surface area contributed by atoms with Gasteiger partial charge in [0.05, 0.1) is 23.2 Å². The van der Waals surface area contributed by atoms with Gasteiger partial charge in [-0.2, -0.15) is 4.31 Å². The number of rotatable bonds is 6. The molecule has 0 spiro atoms. The van der Waals surface area contributed by atoms with Crippen LogP contribution in [-0.4, -0.2) is 100 Å². The van der Waals surface area contributed by atoms with Crippen LogP contribution in [0.1, 0.15) is 44.1 Å². The molecule has 1 aromatic heterocycles. The van der Waals surface area contributed by atoms with Crippen LogP contribution in [0, 0.1) is 5.41 Å². The molecule has 0 unspecified atom stereocenters. The van der Waals surface area contributed by atoms with Gasteiger partial charge in [0, 0.05) is 42.0 Å². The van der Waals surface area contributed by atoms with Crippen molar-refractivity contribution in [2.24, 2.45) is 5.41 Å². The first-order valence-corrected chi connectivity index (χ1v) is 17.0. The van der Waals surface area contributed by atoms with Crippen molar-refractivity contribution in [2.45, 2.75) is 68.8 Å². The third kappa shape index (κ3) is 5.83. The van der Waals surface area contributed by atoms with Crippen molar-refractivity contribution in [1.29, 1.82) is 0 Å². The summed E-state index contributed by atoms with van der Waals surface area (Å²) in [5, 5.41) is 14.5. The van der Waals surface area contributed by atoms with Gasteiger partial charge in [-0.25, -0.2) is 8.42 Å². The fourth-order valence-corrected chi connectivity index (χ4v) is 9.08. The van der Waals surface area contributed by atoms with Crippen molar-refractivity contribution in [2.75, 3.05) is 19.6 Å². The number of benzene rings is 2. The number of aromatic amines is 1. The molecule has 14 heteroatoms. The van der Waals surface area contributed by atoms with Crippen molar-refractivity contribution in [3.8, 4) is 0 Å². The lowest BCUT2D eigenvalue weighted by atomic mass is 9.85. The molecule has 3 aliphatic rings. The van der Waals surface area contributed by atoms with Crippen molar-refractivity contribution in [3.63, 3.8) is 0 Å². The number of carbonyl (C=O) groups excluding carboxylic acids is 3. The van der Waals surface area contributed by atoms with Gasteiger partial charge in [-0.15, -0.1) is 0 Å². The van der Waals surface area contributed by atoms with E-state index >= 15 is 0 Å². The van der Waals surface area contributed by atoms with E-state index in [1.165, 1.54) is 18.2 Å². The van der Waals surface area contributed by atoms with E-state index in [9.17, 15) is 27.9 Å².